The van der Waals surface area contributed by atoms with Crippen molar-refractivity contribution in [1.29, 1.82) is 0 Å². The molecule has 3 aromatic rings. The SMILES string of the molecule is CNS(=O)(=O)c1ccc2c(c1)C(c1ncnn3cc(C(=O)OC)c(C)c13)C(=O)N2. The van der Waals surface area contributed by atoms with Crippen molar-refractivity contribution in [2.75, 3.05) is 19.5 Å². The summed E-state index contributed by atoms with van der Waals surface area (Å²) in [5, 5.41) is 6.87. The number of nitrogens with zero attached hydrogens (tertiary/aromatic N) is 3. The van der Waals surface area contributed by atoms with Crippen LogP contribution in [0.2, 0.25) is 0 Å². The van der Waals surface area contributed by atoms with Gasteiger partial charge in [-0.3, -0.25) is 4.79 Å². The molecule has 150 valence electrons. The van der Waals surface area contributed by atoms with E-state index in [1.165, 1.54) is 43.3 Å². The summed E-state index contributed by atoms with van der Waals surface area (Å²) in [6.45, 7) is 1.71. The number of esters is 1. The van der Waals surface area contributed by atoms with Gasteiger partial charge in [-0.1, -0.05) is 0 Å². The maximum Gasteiger partial charge on any atom is 0.339 e. The highest BCUT2D eigenvalue weighted by Gasteiger charge is 2.36. The molecule has 1 aliphatic heterocycles. The van der Waals surface area contributed by atoms with Crippen molar-refractivity contribution < 1.29 is 22.7 Å². The molecule has 10 nitrogen and oxygen atoms in total. The third kappa shape index (κ3) is 2.86. The lowest BCUT2D eigenvalue weighted by Crippen LogP contribution is -2.19. The number of nitrogens with one attached hydrogen (secondary N) is 2. The minimum atomic E-state index is -3.69. The van der Waals surface area contributed by atoms with Crippen LogP contribution in [0.25, 0.3) is 5.52 Å². The first-order valence-corrected chi connectivity index (χ1v) is 10.1. The standard InChI is InChI=1S/C18H17N5O5S/c1-9-12(18(25)28-3)7-23-16(9)15(20-8-21-23)14-11-6-10(29(26,27)19-2)4-5-13(11)22-17(14)24/h4-8,14,19H,1-3H3,(H,22,24). The van der Waals surface area contributed by atoms with Gasteiger partial charge in [0.15, 0.2) is 0 Å². The summed E-state index contributed by atoms with van der Waals surface area (Å²) >= 11 is 0. The Labute approximate surface area is 165 Å². The highest BCUT2D eigenvalue weighted by molar-refractivity contribution is 7.89. The van der Waals surface area contributed by atoms with E-state index < -0.39 is 21.9 Å². The fourth-order valence-electron chi connectivity index (χ4n) is 3.51. The van der Waals surface area contributed by atoms with Crippen LogP contribution in [0.4, 0.5) is 5.69 Å². The van der Waals surface area contributed by atoms with Crippen LogP contribution in [-0.2, 0) is 19.6 Å². The molecule has 0 saturated carbocycles. The van der Waals surface area contributed by atoms with Crippen LogP contribution in [0.5, 0.6) is 0 Å². The quantitative estimate of drug-likeness (QED) is 0.603. The van der Waals surface area contributed by atoms with Gasteiger partial charge in [0.05, 0.1) is 28.8 Å². The molecule has 2 N–H and O–H groups in total. The lowest BCUT2D eigenvalue weighted by Gasteiger charge is -2.12. The molecular weight excluding hydrogens is 398 g/mol. The van der Waals surface area contributed by atoms with Crippen molar-refractivity contribution in [3.63, 3.8) is 0 Å². The second-order valence-corrected chi connectivity index (χ2v) is 8.36. The van der Waals surface area contributed by atoms with E-state index in [9.17, 15) is 18.0 Å². The molecular formula is C18H17N5O5S. The Hall–Kier alpha value is -3.31. The van der Waals surface area contributed by atoms with Gasteiger partial charge in [0.1, 0.15) is 12.2 Å². The van der Waals surface area contributed by atoms with Gasteiger partial charge in [-0.05, 0) is 43.3 Å². The second kappa shape index (κ2) is 6.64. The third-order valence-electron chi connectivity index (χ3n) is 4.97. The zero-order chi connectivity index (χ0) is 20.9. The summed E-state index contributed by atoms with van der Waals surface area (Å²) in [6, 6.07) is 4.41. The molecule has 11 heteroatoms. The Morgan fingerprint density at radius 1 is 1.34 bits per heavy atom. The van der Waals surface area contributed by atoms with E-state index in [0.717, 1.165) is 0 Å². The van der Waals surface area contributed by atoms with Gasteiger partial charge < -0.3 is 10.1 Å². The molecule has 3 heterocycles. The van der Waals surface area contributed by atoms with Gasteiger partial charge in [-0.25, -0.2) is 27.4 Å². The second-order valence-electron chi connectivity index (χ2n) is 6.48. The van der Waals surface area contributed by atoms with E-state index in [1.54, 1.807) is 13.0 Å². The number of hydrogen-bond donors (Lipinski definition) is 2. The van der Waals surface area contributed by atoms with Gasteiger partial charge in [0.2, 0.25) is 15.9 Å². The molecule has 0 fully saturated rings. The topological polar surface area (TPSA) is 132 Å². The highest BCUT2D eigenvalue weighted by atomic mass is 32.2. The number of ether oxygens (including phenoxy) is 1. The van der Waals surface area contributed by atoms with Crippen LogP contribution in [0.1, 0.15) is 33.1 Å². The molecule has 0 radical (unpaired) electrons. The monoisotopic (exact) mass is 415 g/mol. The Balaban J connectivity index is 1.94. The van der Waals surface area contributed by atoms with Crippen LogP contribution >= 0.6 is 0 Å². The van der Waals surface area contributed by atoms with Crippen molar-refractivity contribution in [2.24, 2.45) is 0 Å². The first kappa shape index (κ1) is 19.0. The highest BCUT2D eigenvalue weighted by Crippen LogP contribution is 2.39. The molecule has 2 aromatic heterocycles. The summed E-state index contributed by atoms with van der Waals surface area (Å²) in [5.74, 6) is -1.74. The zero-order valence-electron chi connectivity index (χ0n) is 15.8. The summed E-state index contributed by atoms with van der Waals surface area (Å²) in [5.41, 5.74) is 2.70. The van der Waals surface area contributed by atoms with E-state index in [-0.39, 0.29) is 10.8 Å². The number of amides is 1. The molecule has 1 aromatic carbocycles. The smallest absolute Gasteiger partial charge is 0.339 e. The van der Waals surface area contributed by atoms with Crippen LogP contribution in [0.3, 0.4) is 0 Å². The van der Waals surface area contributed by atoms with Crippen LogP contribution < -0.4 is 10.0 Å². The van der Waals surface area contributed by atoms with Gasteiger partial charge >= 0.3 is 5.97 Å². The maximum absolute atomic E-state index is 12.8. The lowest BCUT2D eigenvalue weighted by molar-refractivity contribution is -0.116. The lowest BCUT2D eigenvalue weighted by atomic mass is 9.95. The molecule has 0 saturated heterocycles. The summed E-state index contributed by atoms with van der Waals surface area (Å²) in [7, 11) is -1.10. The fourth-order valence-corrected chi connectivity index (χ4v) is 4.28. The fraction of sp³-hybridized carbons (Fsp3) is 0.222. The molecule has 1 unspecified atom stereocenters. The molecule has 0 spiro atoms. The van der Waals surface area contributed by atoms with Gasteiger partial charge in [-0.15, -0.1) is 0 Å². The molecule has 0 bridgehead atoms. The number of carbonyl (C=O) groups is 2. The normalized spacial score (nSPS) is 16.0. The number of methoxy groups -OCH3 is 1. The summed E-state index contributed by atoms with van der Waals surface area (Å²) < 4.78 is 32.9. The van der Waals surface area contributed by atoms with Gasteiger partial charge in [0.25, 0.3) is 0 Å². The Morgan fingerprint density at radius 2 is 2.10 bits per heavy atom. The first-order chi connectivity index (χ1) is 13.8. The van der Waals surface area contributed by atoms with E-state index in [0.29, 0.717) is 33.6 Å². The van der Waals surface area contributed by atoms with Crippen molar-refractivity contribution >= 4 is 33.1 Å². The van der Waals surface area contributed by atoms with Crippen molar-refractivity contribution in [3.05, 3.63) is 53.1 Å². The minimum absolute atomic E-state index is 0.0349. The van der Waals surface area contributed by atoms with Crippen LogP contribution in [-0.4, -0.2) is 49.0 Å². The van der Waals surface area contributed by atoms with Crippen molar-refractivity contribution in [1.82, 2.24) is 19.3 Å². The van der Waals surface area contributed by atoms with Crippen LogP contribution in [0, 0.1) is 6.92 Å². The molecule has 4 rings (SSSR count). The number of benzene rings is 1. The largest absolute Gasteiger partial charge is 0.465 e. The average Bonchev–Trinajstić information content (AvgIpc) is 3.23. The minimum Gasteiger partial charge on any atom is -0.465 e. The van der Waals surface area contributed by atoms with E-state index in [4.69, 9.17) is 4.74 Å². The number of fused-ring (bicyclic) bond motifs is 2. The molecule has 29 heavy (non-hydrogen) atoms. The number of aromatic nitrogens is 3. The predicted octanol–water partition coefficient (Wildman–Crippen LogP) is 0.816. The number of aryl methyl sites for hydroxylation is 1. The third-order valence-corrected chi connectivity index (χ3v) is 6.38. The van der Waals surface area contributed by atoms with Gasteiger partial charge in [-0.2, -0.15) is 5.10 Å². The van der Waals surface area contributed by atoms with Crippen LogP contribution in [0.15, 0.2) is 35.6 Å². The summed E-state index contributed by atoms with van der Waals surface area (Å²) in [4.78, 5) is 29.2. The average molecular weight is 415 g/mol. The van der Waals surface area contributed by atoms with E-state index in [2.05, 4.69) is 20.1 Å². The van der Waals surface area contributed by atoms with E-state index >= 15 is 0 Å². The molecule has 0 aliphatic carbocycles. The first-order valence-electron chi connectivity index (χ1n) is 8.58. The number of sulfonamides is 1. The Kier molecular flexibility index (Phi) is 4.35. The summed E-state index contributed by atoms with van der Waals surface area (Å²) in [6.07, 6.45) is 2.79. The van der Waals surface area contributed by atoms with Gasteiger partial charge in [0, 0.05) is 11.9 Å². The van der Waals surface area contributed by atoms with E-state index in [1.807, 2.05) is 0 Å². The molecule has 1 amide bonds. The van der Waals surface area contributed by atoms with Crippen molar-refractivity contribution in [3.8, 4) is 0 Å². The number of carbonyl (C=O) groups excluding carboxylic acids is 2. The predicted molar refractivity (Wildman–Crippen MR) is 102 cm³/mol. The Bertz CT molecular complexity index is 1280. The maximum atomic E-state index is 12.8. The molecule has 1 aliphatic rings. The number of rotatable bonds is 4. The number of hydrogen-bond acceptors (Lipinski definition) is 7. The molecule has 1 atom stereocenters. The zero-order valence-corrected chi connectivity index (χ0v) is 16.6. The Morgan fingerprint density at radius 3 is 2.79 bits per heavy atom. The van der Waals surface area contributed by atoms with Crippen molar-refractivity contribution in [2.45, 2.75) is 17.7 Å². The number of anilines is 1.